The predicted octanol–water partition coefficient (Wildman–Crippen LogP) is 2.90. The molecule has 2 unspecified atom stereocenters. The van der Waals surface area contributed by atoms with Crippen molar-refractivity contribution < 1.29 is 19.1 Å². The highest BCUT2D eigenvalue weighted by atomic mass is 16.5. The first-order valence-electron chi connectivity index (χ1n) is 10.0. The van der Waals surface area contributed by atoms with E-state index in [0.717, 1.165) is 30.4 Å². The Hall–Kier alpha value is -2.08. The molecule has 3 aliphatic rings. The van der Waals surface area contributed by atoms with Crippen LogP contribution in [0.15, 0.2) is 18.2 Å². The van der Waals surface area contributed by atoms with Crippen molar-refractivity contribution in [2.45, 2.75) is 57.0 Å². The van der Waals surface area contributed by atoms with Crippen LogP contribution in [0.1, 0.15) is 59.5 Å². The lowest BCUT2D eigenvalue weighted by molar-refractivity contribution is 0.0696. The van der Waals surface area contributed by atoms with Crippen LogP contribution in [0.2, 0.25) is 0 Å². The monoisotopic (exact) mass is 372 g/mol. The van der Waals surface area contributed by atoms with Gasteiger partial charge in [0.1, 0.15) is 0 Å². The summed E-state index contributed by atoms with van der Waals surface area (Å²) in [5, 5.41) is 6.06. The number of hydrogen-bond donors (Lipinski definition) is 2. The first kappa shape index (κ1) is 18.3. The molecule has 27 heavy (non-hydrogen) atoms. The van der Waals surface area contributed by atoms with Gasteiger partial charge < -0.3 is 20.1 Å². The van der Waals surface area contributed by atoms with E-state index < -0.39 is 0 Å². The largest absolute Gasteiger partial charge is 0.449 e. The topological polar surface area (TPSA) is 76.7 Å². The van der Waals surface area contributed by atoms with Gasteiger partial charge in [0.2, 0.25) is 0 Å². The highest BCUT2D eigenvalue weighted by molar-refractivity contribution is 5.94. The number of alkyl carbamates (subject to hydrolysis) is 1. The Morgan fingerprint density at radius 1 is 1.15 bits per heavy atom. The standard InChI is InChI=1S/C21H28N2O4/c1-13-2-5-15(20(24)22-16-6-8-26-9-7-16)10-17(13)18-11-19(18)23-21(25)27-12-14-3-4-14/h2,5,10,14,16,18-19H,3-4,6-9,11-12H2,1H3,(H,22,24)(H,23,25). The molecular weight excluding hydrogens is 344 g/mol. The van der Waals surface area contributed by atoms with Gasteiger partial charge in [-0.05, 0) is 68.2 Å². The van der Waals surface area contributed by atoms with Crippen molar-refractivity contribution in [1.29, 1.82) is 0 Å². The molecule has 3 fully saturated rings. The quantitative estimate of drug-likeness (QED) is 0.805. The average molecular weight is 372 g/mol. The van der Waals surface area contributed by atoms with Crippen molar-refractivity contribution in [2.24, 2.45) is 5.92 Å². The zero-order chi connectivity index (χ0) is 18.8. The van der Waals surface area contributed by atoms with Gasteiger partial charge in [0, 0.05) is 36.8 Å². The molecule has 0 radical (unpaired) electrons. The predicted molar refractivity (Wildman–Crippen MR) is 101 cm³/mol. The summed E-state index contributed by atoms with van der Waals surface area (Å²) in [6.07, 6.45) is 4.64. The Morgan fingerprint density at radius 3 is 2.67 bits per heavy atom. The van der Waals surface area contributed by atoms with Gasteiger partial charge in [0.05, 0.1) is 6.61 Å². The van der Waals surface area contributed by atoms with Gasteiger partial charge in [-0.25, -0.2) is 4.79 Å². The normalized spacial score (nSPS) is 24.9. The lowest BCUT2D eigenvalue weighted by Crippen LogP contribution is -2.38. The van der Waals surface area contributed by atoms with Gasteiger partial charge in [-0.1, -0.05) is 6.07 Å². The summed E-state index contributed by atoms with van der Waals surface area (Å²) in [4.78, 5) is 24.5. The lowest BCUT2D eigenvalue weighted by Gasteiger charge is -2.23. The van der Waals surface area contributed by atoms with Gasteiger partial charge in [0.15, 0.2) is 0 Å². The first-order valence-corrected chi connectivity index (χ1v) is 10.0. The first-order chi connectivity index (χ1) is 13.1. The fraction of sp³-hybridized carbons (Fsp3) is 0.619. The van der Waals surface area contributed by atoms with Crippen LogP contribution in [0.4, 0.5) is 4.79 Å². The minimum atomic E-state index is -0.319. The number of rotatable bonds is 6. The van der Waals surface area contributed by atoms with Crippen LogP contribution in [-0.2, 0) is 9.47 Å². The van der Waals surface area contributed by atoms with E-state index in [1.165, 1.54) is 12.8 Å². The minimum absolute atomic E-state index is 0.0304. The maximum atomic E-state index is 12.6. The third-order valence-corrected chi connectivity index (χ3v) is 5.74. The summed E-state index contributed by atoms with van der Waals surface area (Å²) in [6, 6.07) is 6.14. The van der Waals surface area contributed by atoms with Gasteiger partial charge in [-0.3, -0.25) is 4.79 Å². The maximum Gasteiger partial charge on any atom is 0.407 e. The molecule has 6 heteroatoms. The summed E-state index contributed by atoms with van der Waals surface area (Å²) >= 11 is 0. The van der Waals surface area contributed by atoms with E-state index in [-0.39, 0.29) is 30.0 Å². The molecule has 2 N–H and O–H groups in total. The van der Waals surface area contributed by atoms with Crippen molar-refractivity contribution in [2.75, 3.05) is 19.8 Å². The van der Waals surface area contributed by atoms with Crippen molar-refractivity contribution >= 4 is 12.0 Å². The number of aryl methyl sites for hydroxylation is 1. The summed E-state index contributed by atoms with van der Waals surface area (Å²) in [5.41, 5.74) is 2.98. The second kappa shape index (κ2) is 7.89. The van der Waals surface area contributed by atoms with Crippen LogP contribution in [0.5, 0.6) is 0 Å². The lowest BCUT2D eigenvalue weighted by atomic mass is 10.00. The SMILES string of the molecule is Cc1ccc(C(=O)NC2CCOCC2)cc1C1CC1NC(=O)OCC1CC1. The fourth-order valence-electron chi connectivity index (χ4n) is 3.66. The van der Waals surface area contributed by atoms with E-state index in [9.17, 15) is 9.59 Å². The summed E-state index contributed by atoms with van der Waals surface area (Å²) in [6.45, 7) is 3.99. The molecule has 1 aromatic carbocycles. The number of hydrogen-bond acceptors (Lipinski definition) is 4. The van der Waals surface area contributed by atoms with Crippen LogP contribution in [-0.4, -0.2) is 43.9 Å². The Morgan fingerprint density at radius 2 is 1.93 bits per heavy atom. The molecule has 0 aromatic heterocycles. The van der Waals surface area contributed by atoms with Crippen molar-refractivity contribution in [3.05, 3.63) is 34.9 Å². The number of benzene rings is 1. The Balaban J connectivity index is 1.33. The highest BCUT2D eigenvalue weighted by Gasteiger charge is 2.41. The molecule has 1 aromatic rings. The molecule has 1 aliphatic heterocycles. The molecule has 4 rings (SSSR count). The molecule has 1 saturated heterocycles. The average Bonchev–Trinajstić information content (AvgIpc) is 3.58. The van der Waals surface area contributed by atoms with Crippen molar-refractivity contribution in [3.63, 3.8) is 0 Å². The van der Waals surface area contributed by atoms with Gasteiger partial charge >= 0.3 is 6.09 Å². The van der Waals surface area contributed by atoms with E-state index >= 15 is 0 Å². The molecule has 1 heterocycles. The van der Waals surface area contributed by atoms with E-state index in [2.05, 4.69) is 17.6 Å². The van der Waals surface area contributed by atoms with Crippen LogP contribution >= 0.6 is 0 Å². The third-order valence-electron chi connectivity index (χ3n) is 5.74. The van der Waals surface area contributed by atoms with E-state index in [0.29, 0.717) is 31.3 Å². The highest BCUT2D eigenvalue weighted by Crippen LogP contribution is 2.42. The van der Waals surface area contributed by atoms with E-state index in [4.69, 9.17) is 9.47 Å². The zero-order valence-corrected chi connectivity index (χ0v) is 15.8. The molecule has 6 nitrogen and oxygen atoms in total. The number of nitrogens with one attached hydrogen (secondary N) is 2. The van der Waals surface area contributed by atoms with Crippen LogP contribution in [0.3, 0.4) is 0 Å². The Labute approximate surface area is 160 Å². The maximum absolute atomic E-state index is 12.6. The second-order valence-electron chi connectivity index (χ2n) is 8.07. The number of carbonyl (C=O) groups is 2. The number of ether oxygens (including phenoxy) is 2. The van der Waals surface area contributed by atoms with Crippen molar-refractivity contribution in [3.8, 4) is 0 Å². The van der Waals surface area contributed by atoms with E-state index in [1.54, 1.807) is 0 Å². The van der Waals surface area contributed by atoms with Gasteiger partial charge in [0.25, 0.3) is 5.91 Å². The Bertz CT molecular complexity index is 710. The molecule has 2 aliphatic carbocycles. The van der Waals surface area contributed by atoms with Crippen LogP contribution in [0, 0.1) is 12.8 Å². The second-order valence-corrected chi connectivity index (χ2v) is 8.07. The van der Waals surface area contributed by atoms with E-state index in [1.807, 2.05) is 18.2 Å². The molecule has 0 spiro atoms. The van der Waals surface area contributed by atoms with Crippen LogP contribution in [0.25, 0.3) is 0 Å². The molecule has 2 amide bonds. The number of amides is 2. The van der Waals surface area contributed by atoms with Gasteiger partial charge in [-0.15, -0.1) is 0 Å². The van der Waals surface area contributed by atoms with Gasteiger partial charge in [-0.2, -0.15) is 0 Å². The zero-order valence-electron chi connectivity index (χ0n) is 15.8. The third kappa shape index (κ3) is 4.80. The van der Waals surface area contributed by atoms with Crippen molar-refractivity contribution in [1.82, 2.24) is 10.6 Å². The molecule has 2 atom stereocenters. The summed E-state index contributed by atoms with van der Waals surface area (Å²) in [7, 11) is 0. The number of carbonyl (C=O) groups excluding carboxylic acids is 2. The van der Waals surface area contributed by atoms with Crippen LogP contribution < -0.4 is 10.6 Å². The molecular formula is C21H28N2O4. The fourth-order valence-corrected chi connectivity index (χ4v) is 3.66. The molecule has 146 valence electrons. The summed E-state index contributed by atoms with van der Waals surface area (Å²) < 4.78 is 10.6. The minimum Gasteiger partial charge on any atom is -0.449 e. The molecule has 0 bridgehead atoms. The molecule has 2 saturated carbocycles. The Kier molecular flexibility index (Phi) is 5.34. The summed E-state index contributed by atoms with van der Waals surface area (Å²) in [5.74, 6) is 0.797. The smallest absolute Gasteiger partial charge is 0.407 e.